The monoisotopic (exact) mass is 409 g/mol. The summed E-state index contributed by atoms with van der Waals surface area (Å²) in [7, 11) is 0. The molecular weight excluding hydrogens is 389 g/mol. The molecule has 2 aromatic carbocycles. The van der Waals surface area contributed by atoms with Gasteiger partial charge in [-0.05, 0) is 34.9 Å². The van der Waals surface area contributed by atoms with Crippen LogP contribution in [0.1, 0.15) is 11.1 Å². The van der Waals surface area contributed by atoms with E-state index < -0.39 is 5.82 Å². The number of hydrogen-bond acceptors (Lipinski definition) is 5. The summed E-state index contributed by atoms with van der Waals surface area (Å²) >= 11 is 0. The van der Waals surface area contributed by atoms with Gasteiger partial charge in [-0.1, -0.05) is 55.1 Å². The Kier molecular flexibility index (Phi) is 5.89. The standard InChI is InChI=1S/C25H20FN5/c1-2-4-21(14-27)18-8-6-17(7-9-18)15-29-25-23(26)24(30-16-31-25)20-10-11-22-19(13-20)5-3-12-28-22/h2-14,16,27H,1,15H2,(H,29,30,31)/b21-4+,27-14?. The van der Waals surface area contributed by atoms with Crippen molar-refractivity contribution in [1.29, 1.82) is 5.41 Å². The number of anilines is 1. The second-order valence-corrected chi connectivity index (χ2v) is 6.85. The summed E-state index contributed by atoms with van der Waals surface area (Å²) in [5.74, 6) is -0.352. The molecule has 0 amide bonds. The third-order valence-corrected chi connectivity index (χ3v) is 4.87. The van der Waals surface area contributed by atoms with Crippen LogP contribution >= 0.6 is 0 Å². The first kappa shape index (κ1) is 20.1. The van der Waals surface area contributed by atoms with Crippen LogP contribution in [-0.4, -0.2) is 21.2 Å². The number of halogens is 1. The number of rotatable bonds is 7. The minimum Gasteiger partial charge on any atom is -0.363 e. The molecule has 31 heavy (non-hydrogen) atoms. The maximum absolute atomic E-state index is 15.1. The molecule has 0 radical (unpaired) electrons. The van der Waals surface area contributed by atoms with Crippen molar-refractivity contribution < 1.29 is 4.39 Å². The third-order valence-electron chi connectivity index (χ3n) is 4.87. The van der Waals surface area contributed by atoms with E-state index in [0.717, 1.165) is 27.6 Å². The lowest BCUT2D eigenvalue weighted by molar-refractivity contribution is 0.621. The zero-order chi connectivity index (χ0) is 21.6. The molecule has 0 aliphatic rings. The maximum Gasteiger partial charge on any atom is 0.191 e. The van der Waals surface area contributed by atoms with Gasteiger partial charge < -0.3 is 10.7 Å². The van der Waals surface area contributed by atoms with Crippen molar-refractivity contribution in [3.63, 3.8) is 0 Å². The van der Waals surface area contributed by atoms with Crippen LogP contribution in [-0.2, 0) is 6.54 Å². The molecule has 0 aliphatic heterocycles. The van der Waals surface area contributed by atoms with Crippen LogP contribution in [0.4, 0.5) is 10.2 Å². The number of benzene rings is 2. The minimum atomic E-state index is -0.498. The number of nitrogens with one attached hydrogen (secondary N) is 2. The van der Waals surface area contributed by atoms with Gasteiger partial charge in [0.15, 0.2) is 11.6 Å². The fourth-order valence-electron chi connectivity index (χ4n) is 3.27. The average Bonchev–Trinajstić information content (AvgIpc) is 2.82. The summed E-state index contributed by atoms with van der Waals surface area (Å²) in [5.41, 5.74) is 4.40. The second kappa shape index (κ2) is 9.09. The second-order valence-electron chi connectivity index (χ2n) is 6.85. The highest BCUT2D eigenvalue weighted by Gasteiger charge is 2.13. The van der Waals surface area contributed by atoms with Crippen LogP contribution in [0.3, 0.4) is 0 Å². The van der Waals surface area contributed by atoms with E-state index in [4.69, 9.17) is 5.41 Å². The van der Waals surface area contributed by atoms with Crippen LogP contribution in [0.15, 0.2) is 85.9 Å². The lowest BCUT2D eigenvalue weighted by atomic mass is 10.0. The number of fused-ring (bicyclic) bond motifs is 1. The first-order valence-electron chi connectivity index (χ1n) is 9.71. The predicted molar refractivity (Wildman–Crippen MR) is 123 cm³/mol. The van der Waals surface area contributed by atoms with Gasteiger partial charge in [-0.15, -0.1) is 0 Å². The molecule has 2 aromatic heterocycles. The molecular formula is C25H20FN5. The van der Waals surface area contributed by atoms with Crippen LogP contribution in [0.25, 0.3) is 27.7 Å². The van der Waals surface area contributed by atoms with E-state index in [0.29, 0.717) is 12.1 Å². The Labute approximate surface area is 179 Å². The summed E-state index contributed by atoms with van der Waals surface area (Å²) in [6, 6.07) is 17.0. The largest absolute Gasteiger partial charge is 0.363 e. The SMILES string of the molecule is C=C/C=C(\C=N)c1ccc(CNc2ncnc(-c3ccc4ncccc4c3)c2F)cc1. The van der Waals surface area contributed by atoms with E-state index in [1.807, 2.05) is 48.5 Å². The van der Waals surface area contributed by atoms with Gasteiger partial charge in [-0.2, -0.15) is 0 Å². The predicted octanol–water partition coefficient (Wildman–Crippen LogP) is 5.66. The Hall–Kier alpha value is -4.19. The van der Waals surface area contributed by atoms with Crippen molar-refractivity contribution in [2.24, 2.45) is 0 Å². The Bertz CT molecular complexity index is 1280. The fourth-order valence-corrected chi connectivity index (χ4v) is 3.27. The fraction of sp³-hybridized carbons (Fsp3) is 0.0400. The lowest BCUT2D eigenvalue weighted by Crippen LogP contribution is -2.06. The van der Waals surface area contributed by atoms with E-state index in [-0.39, 0.29) is 11.5 Å². The molecule has 4 rings (SSSR count). The Morgan fingerprint density at radius 2 is 1.90 bits per heavy atom. The highest BCUT2D eigenvalue weighted by molar-refractivity contribution is 6.08. The molecule has 2 heterocycles. The van der Waals surface area contributed by atoms with Crippen molar-refractivity contribution >= 4 is 28.5 Å². The number of allylic oxidation sites excluding steroid dienone is 3. The van der Waals surface area contributed by atoms with Gasteiger partial charge >= 0.3 is 0 Å². The van der Waals surface area contributed by atoms with E-state index in [1.54, 1.807) is 24.4 Å². The lowest BCUT2D eigenvalue weighted by Gasteiger charge is -2.10. The molecule has 0 unspecified atom stereocenters. The Morgan fingerprint density at radius 1 is 1.06 bits per heavy atom. The maximum atomic E-state index is 15.1. The van der Waals surface area contributed by atoms with E-state index in [1.165, 1.54) is 12.5 Å². The van der Waals surface area contributed by atoms with E-state index >= 15 is 4.39 Å². The smallest absolute Gasteiger partial charge is 0.191 e. The van der Waals surface area contributed by atoms with Gasteiger partial charge in [0.2, 0.25) is 0 Å². The highest BCUT2D eigenvalue weighted by Crippen LogP contribution is 2.27. The molecule has 0 aliphatic carbocycles. The Balaban J connectivity index is 1.54. The molecule has 0 saturated heterocycles. The van der Waals surface area contributed by atoms with Gasteiger partial charge in [0.05, 0.1) is 5.52 Å². The van der Waals surface area contributed by atoms with E-state index in [9.17, 15) is 0 Å². The molecule has 0 bridgehead atoms. The quantitative estimate of drug-likeness (QED) is 0.305. The summed E-state index contributed by atoms with van der Waals surface area (Å²) in [4.78, 5) is 12.5. The molecule has 0 spiro atoms. The van der Waals surface area contributed by atoms with Crippen molar-refractivity contribution in [2.45, 2.75) is 6.54 Å². The van der Waals surface area contributed by atoms with Gasteiger partial charge in [0.1, 0.15) is 12.0 Å². The summed E-state index contributed by atoms with van der Waals surface area (Å²) < 4.78 is 15.1. The average molecular weight is 409 g/mol. The topological polar surface area (TPSA) is 74.6 Å². The van der Waals surface area contributed by atoms with Crippen molar-refractivity contribution in [1.82, 2.24) is 15.0 Å². The van der Waals surface area contributed by atoms with Crippen LogP contribution in [0.2, 0.25) is 0 Å². The first-order chi connectivity index (χ1) is 15.2. The number of aromatic nitrogens is 3. The summed E-state index contributed by atoms with van der Waals surface area (Å²) in [6.07, 6.45) is 7.80. The molecule has 0 atom stereocenters. The summed E-state index contributed by atoms with van der Waals surface area (Å²) in [5, 5.41) is 11.5. The van der Waals surface area contributed by atoms with Gasteiger partial charge in [-0.3, -0.25) is 4.98 Å². The van der Waals surface area contributed by atoms with Gasteiger partial charge in [0, 0.05) is 29.9 Å². The number of nitrogens with zero attached hydrogens (tertiary/aromatic N) is 3. The third kappa shape index (κ3) is 4.38. The zero-order valence-electron chi connectivity index (χ0n) is 16.7. The minimum absolute atomic E-state index is 0.145. The van der Waals surface area contributed by atoms with Crippen LogP contribution < -0.4 is 5.32 Å². The molecule has 152 valence electrons. The Morgan fingerprint density at radius 3 is 2.68 bits per heavy atom. The molecule has 4 aromatic rings. The molecule has 2 N–H and O–H groups in total. The van der Waals surface area contributed by atoms with Crippen molar-refractivity contribution in [3.05, 3.63) is 103 Å². The van der Waals surface area contributed by atoms with Gasteiger partial charge in [-0.25, -0.2) is 14.4 Å². The van der Waals surface area contributed by atoms with Gasteiger partial charge in [0.25, 0.3) is 0 Å². The highest BCUT2D eigenvalue weighted by atomic mass is 19.1. The van der Waals surface area contributed by atoms with Crippen LogP contribution in [0, 0.1) is 11.2 Å². The number of pyridine rings is 1. The molecule has 6 heteroatoms. The summed E-state index contributed by atoms with van der Waals surface area (Å²) in [6.45, 7) is 4.07. The normalized spacial score (nSPS) is 11.3. The van der Waals surface area contributed by atoms with E-state index in [2.05, 4.69) is 26.8 Å². The molecule has 0 fully saturated rings. The van der Waals surface area contributed by atoms with Crippen molar-refractivity contribution in [3.8, 4) is 11.3 Å². The van der Waals surface area contributed by atoms with Crippen molar-refractivity contribution in [2.75, 3.05) is 5.32 Å². The van der Waals surface area contributed by atoms with Crippen LogP contribution in [0.5, 0.6) is 0 Å². The first-order valence-corrected chi connectivity index (χ1v) is 9.71. The number of hydrogen-bond donors (Lipinski definition) is 2. The molecule has 0 saturated carbocycles. The zero-order valence-corrected chi connectivity index (χ0v) is 16.7. The molecule has 5 nitrogen and oxygen atoms in total.